The molecule has 0 heterocycles. The van der Waals surface area contributed by atoms with Crippen molar-refractivity contribution in [1.29, 1.82) is 0 Å². The van der Waals surface area contributed by atoms with Gasteiger partial charge in [0.15, 0.2) is 0 Å². The normalized spacial score (nSPS) is 8.40. The van der Waals surface area contributed by atoms with Gasteiger partial charge in [-0.25, -0.2) is 0 Å². The molecule has 0 aromatic rings. The first-order valence-corrected chi connectivity index (χ1v) is 4.23. The first kappa shape index (κ1) is 12.6. The summed E-state index contributed by atoms with van der Waals surface area (Å²) < 4.78 is 0. The van der Waals surface area contributed by atoms with Gasteiger partial charge < -0.3 is 11.5 Å². The lowest BCUT2D eigenvalue weighted by molar-refractivity contribution is 0.674. The molecule has 0 amide bonds. The van der Waals surface area contributed by atoms with Crippen molar-refractivity contribution in [2.75, 3.05) is 13.1 Å². The minimum atomic E-state index is 0.750. The second-order valence-electron chi connectivity index (χ2n) is 2.26. The van der Waals surface area contributed by atoms with E-state index in [-0.39, 0.29) is 0 Å². The summed E-state index contributed by atoms with van der Waals surface area (Å²) in [6, 6.07) is 0. The van der Waals surface area contributed by atoms with Gasteiger partial charge in [-0.1, -0.05) is 33.1 Å². The van der Waals surface area contributed by atoms with Crippen LogP contribution in [-0.4, -0.2) is 13.1 Å². The van der Waals surface area contributed by atoms with Crippen LogP contribution in [0, 0.1) is 0 Å². The van der Waals surface area contributed by atoms with Gasteiger partial charge in [0.05, 0.1) is 0 Å². The zero-order valence-electron chi connectivity index (χ0n) is 7.40. The molecule has 0 aromatic heterocycles. The molecule has 0 bridgehead atoms. The third kappa shape index (κ3) is 24.7. The summed E-state index contributed by atoms with van der Waals surface area (Å²) in [6.45, 7) is 5.72. The molecule has 0 unspecified atom stereocenters. The van der Waals surface area contributed by atoms with Gasteiger partial charge in [-0.3, -0.25) is 0 Å². The molecule has 4 N–H and O–H groups in total. The van der Waals surface area contributed by atoms with Crippen LogP contribution in [-0.2, 0) is 0 Å². The standard InChI is InChI=1S/C6H15N.C2H7N/c1-2-3-4-5-6-7;1-2-3/h2-7H2,1H3;2-3H2,1H3. The van der Waals surface area contributed by atoms with Crippen LogP contribution in [0.3, 0.4) is 0 Å². The molecule has 0 rings (SSSR count). The molecule has 10 heavy (non-hydrogen) atoms. The van der Waals surface area contributed by atoms with Crippen LogP contribution in [0.4, 0.5) is 0 Å². The van der Waals surface area contributed by atoms with Gasteiger partial charge in [-0.2, -0.15) is 0 Å². The zero-order valence-corrected chi connectivity index (χ0v) is 7.40. The van der Waals surface area contributed by atoms with Gasteiger partial charge in [0.2, 0.25) is 0 Å². The molecule has 0 saturated carbocycles. The lowest BCUT2D eigenvalue weighted by atomic mass is 10.2. The van der Waals surface area contributed by atoms with Crippen molar-refractivity contribution < 1.29 is 0 Å². The summed E-state index contributed by atoms with van der Waals surface area (Å²) in [5, 5.41) is 0. The predicted molar refractivity (Wildman–Crippen MR) is 47.9 cm³/mol. The topological polar surface area (TPSA) is 52.0 Å². The van der Waals surface area contributed by atoms with Crippen molar-refractivity contribution in [1.82, 2.24) is 0 Å². The Balaban J connectivity index is 0. The fraction of sp³-hybridized carbons (Fsp3) is 1.00. The minimum Gasteiger partial charge on any atom is -0.331 e. The van der Waals surface area contributed by atoms with Crippen molar-refractivity contribution in [3.8, 4) is 0 Å². The van der Waals surface area contributed by atoms with Crippen molar-refractivity contribution in [3.05, 3.63) is 0 Å². The van der Waals surface area contributed by atoms with E-state index in [0.29, 0.717) is 0 Å². The summed E-state index contributed by atoms with van der Waals surface area (Å²) in [5.74, 6) is 0. The molecule has 0 aliphatic rings. The molecular weight excluding hydrogens is 124 g/mol. The van der Waals surface area contributed by atoms with Gasteiger partial charge in [0.1, 0.15) is 0 Å². The second-order valence-corrected chi connectivity index (χ2v) is 2.26. The molecule has 0 fully saturated rings. The Morgan fingerprint density at radius 1 is 0.900 bits per heavy atom. The Kier molecular flexibility index (Phi) is 20.1. The van der Waals surface area contributed by atoms with E-state index in [9.17, 15) is 0 Å². The molecular formula is C8H22N2. The van der Waals surface area contributed by atoms with Crippen molar-refractivity contribution in [2.45, 2.75) is 39.5 Å². The summed E-state index contributed by atoms with van der Waals surface area (Å²) in [6.07, 6.45) is 5.16. The van der Waals surface area contributed by atoms with Crippen LogP contribution in [0.15, 0.2) is 0 Å². The SMILES string of the molecule is CCCCCCN.CCN. The number of rotatable bonds is 4. The Bertz CT molecular complexity index is 34.2. The van der Waals surface area contributed by atoms with E-state index < -0.39 is 0 Å². The molecule has 0 spiro atoms. The average Bonchev–Trinajstić information content (AvgIpc) is 1.91. The molecule has 0 atom stereocenters. The maximum atomic E-state index is 5.27. The highest BCUT2D eigenvalue weighted by Crippen LogP contribution is 1.95. The van der Waals surface area contributed by atoms with Crippen LogP contribution in [0.25, 0.3) is 0 Å². The number of unbranched alkanes of at least 4 members (excludes halogenated alkanes) is 3. The van der Waals surface area contributed by atoms with Gasteiger partial charge in [0.25, 0.3) is 0 Å². The highest BCUT2D eigenvalue weighted by molar-refractivity contribution is 4.38. The van der Waals surface area contributed by atoms with Crippen LogP contribution < -0.4 is 11.5 Å². The average molecular weight is 146 g/mol. The first-order chi connectivity index (χ1) is 4.83. The number of hydrogen-bond donors (Lipinski definition) is 2. The summed E-state index contributed by atoms with van der Waals surface area (Å²) in [5.41, 5.74) is 10.1. The fourth-order valence-corrected chi connectivity index (χ4v) is 0.571. The van der Waals surface area contributed by atoms with Gasteiger partial charge in [-0.15, -0.1) is 0 Å². The van der Waals surface area contributed by atoms with Gasteiger partial charge in [-0.05, 0) is 19.5 Å². The first-order valence-electron chi connectivity index (χ1n) is 4.23. The van der Waals surface area contributed by atoms with Crippen molar-refractivity contribution in [3.63, 3.8) is 0 Å². The lowest BCUT2D eigenvalue weighted by Gasteiger charge is -1.90. The summed E-state index contributed by atoms with van der Waals surface area (Å²) >= 11 is 0. The summed E-state index contributed by atoms with van der Waals surface area (Å²) in [4.78, 5) is 0. The van der Waals surface area contributed by atoms with Crippen molar-refractivity contribution in [2.24, 2.45) is 11.5 Å². The lowest BCUT2D eigenvalue weighted by Crippen LogP contribution is -1.97. The van der Waals surface area contributed by atoms with Crippen LogP contribution in [0.5, 0.6) is 0 Å². The molecule has 0 saturated heterocycles. The van der Waals surface area contributed by atoms with E-state index in [1.807, 2.05) is 6.92 Å². The molecule has 2 nitrogen and oxygen atoms in total. The molecule has 0 radical (unpaired) electrons. The Hall–Kier alpha value is -0.0800. The quantitative estimate of drug-likeness (QED) is 0.590. The van der Waals surface area contributed by atoms with Crippen LogP contribution in [0.1, 0.15) is 39.5 Å². The van der Waals surface area contributed by atoms with E-state index in [2.05, 4.69) is 6.92 Å². The molecule has 2 heteroatoms. The molecule has 64 valence electrons. The molecule has 0 aliphatic carbocycles. The Morgan fingerprint density at radius 3 is 1.70 bits per heavy atom. The third-order valence-electron chi connectivity index (χ3n) is 1.06. The minimum absolute atomic E-state index is 0.750. The number of nitrogens with two attached hydrogens (primary N) is 2. The van der Waals surface area contributed by atoms with E-state index in [1.54, 1.807) is 0 Å². The van der Waals surface area contributed by atoms with E-state index in [0.717, 1.165) is 13.1 Å². The third-order valence-corrected chi connectivity index (χ3v) is 1.06. The van der Waals surface area contributed by atoms with Gasteiger partial charge in [0, 0.05) is 0 Å². The molecule has 0 aliphatic heterocycles. The monoisotopic (exact) mass is 146 g/mol. The smallest absolute Gasteiger partial charge is 0.00773 e. The maximum Gasteiger partial charge on any atom is -0.00773 e. The second kappa shape index (κ2) is 16.0. The molecule has 0 aromatic carbocycles. The van der Waals surface area contributed by atoms with E-state index in [4.69, 9.17) is 11.5 Å². The maximum absolute atomic E-state index is 5.27. The largest absolute Gasteiger partial charge is 0.331 e. The highest BCUT2D eigenvalue weighted by atomic mass is 14.5. The highest BCUT2D eigenvalue weighted by Gasteiger charge is 1.80. The zero-order chi connectivity index (χ0) is 8.24. The Labute approximate surface area is 65.0 Å². The predicted octanol–water partition coefficient (Wildman–Crippen LogP) is 1.49. The number of hydrogen-bond acceptors (Lipinski definition) is 2. The van der Waals surface area contributed by atoms with Crippen LogP contribution in [0.2, 0.25) is 0 Å². The van der Waals surface area contributed by atoms with E-state index in [1.165, 1.54) is 25.7 Å². The van der Waals surface area contributed by atoms with E-state index >= 15 is 0 Å². The Morgan fingerprint density at radius 2 is 1.40 bits per heavy atom. The van der Waals surface area contributed by atoms with Crippen LogP contribution >= 0.6 is 0 Å². The van der Waals surface area contributed by atoms with Crippen molar-refractivity contribution >= 4 is 0 Å². The van der Waals surface area contributed by atoms with Gasteiger partial charge >= 0.3 is 0 Å². The summed E-state index contributed by atoms with van der Waals surface area (Å²) in [7, 11) is 0. The fourth-order valence-electron chi connectivity index (χ4n) is 0.571.